The first-order valence-electron chi connectivity index (χ1n) is 9.24. The van der Waals surface area contributed by atoms with Crippen LogP contribution in [0.3, 0.4) is 0 Å². The third kappa shape index (κ3) is 5.74. The molecule has 3 aromatic rings. The van der Waals surface area contributed by atoms with Crippen LogP contribution in [0.5, 0.6) is 0 Å². The van der Waals surface area contributed by atoms with E-state index in [2.05, 4.69) is 20.7 Å². The maximum atomic E-state index is 12.7. The highest BCUT2D eigenvalue weighted by molar-refractivity contribution is 7.80. The normalized spacial score (nSPS) is 9.97. The standard InChI is InChI=1S/C23H19N3O4S/c1-30-22(29)16-13-11-15(12-14-16)20(27)26-23(31)25-19-10-6-5-9-18(19)21(28)24-17-7-3-2-4-8-17/h2-14H,1H3,(H,24,28)(H2,25,26,27,31). The van der Waals surface area contributed by atoms with E-state index in [4.69, 9.17) is 12.2 Å². The van der Waals surface area contributed by atoms with Crippen LogP contribution in [0, 0.1) is 0 Å². The Morgan fingerprint density at radius 2 is 1.35 bits per heavy atom. The van der Waals surface area contributed by atoms with Crippen LogP contribution in [0.25, 0.3) is 0 Å². The molecule has 7 nitrogen and oxygen atoms in total. The summed E-state index contributed by atoms with van der Waals surface area (Å²) in [5.41, 5.74) is 2.12. The minimum atomic E-state index is -0.491. The van der Waals surface area contributed by atoms with Crippen molar-refractivity contribution in [1.82, 2.24) is 5.32 Å². The molecular weight excluding hydrogens is 414 g/mol. The zero-order chi connectivity index (χ0) is 22.2. The van der Waals surface area contributed by atoms with Gasteiger partial charge in [-0.15, -0.1) is 0 Å². The van der Waals surface area contributed by atoms with Crippen LogP contribution in [0.1, 0.15) is 31.1 Å². The first-order valence-corrected chi connectivity index (χ1v) is 9.65. The van der Waals surface area contributed by atoms with Gasteiger partial charge in [0.2, 0.25) is 0 Å². The first-order chi connectivity index (χ1) is 15.0. The van der Waals surface area contributed by atoms with Crippen LogP contribution in [0.4, 0.5) is 11.4 Å². The Bertz CT molecular complexity index is 1120. The van der Waals surface area contributed by atoms with E-state index in [1.54, 1.807) is 36.4 Å². The zero-order valence-corrected chi connectivity index (χ0v) is 17.4. The van der Waals surface area contributed by atoms with E-state index in [0.29, 0.717) is 28.1 Å². The third-order valence-electron chi connectivity index (χ3n) is 4.25. The Labute approximate surface area is 184 Å². The highest BCUT2D eigenvalue weighted by Crippen LogP contribution is 2.17. The second-order valence-corrected chi connectivity index (χ2v) is 6.75. The minimum absolute atomic E-state index is 0.0296. The number of amides is 2. The maximum absolute atomic E-state index is 12.7. The molecular formula is C23H19N3O4S. The fourth-order valence-corrected chi connectivity index (χ4v) is 2.92. The van der Waals surface area contributed by atoms with Gasteiger partial charge in [-0.1, -0.05) is 30.3 Å². The van der Waals surface area contributed by atoms with Crippen LogP contribution in [0.15, 0.2) is 78.9 Å². The van der Waals surface area contributed by atoms with Gasteiger partial charge in [0.25, 0.3) is 11.8 Å². The summed E-state index contributed by atoms with van der Waals surface area (Å²) in [6.45, 7) is 0. The number of anilines is 2. The number of carbonyl (C=O) groups is 3. The first kappa shape index (κ1) is 21.7. The smallest absolute Gasteiger partial charge is 0.337 e. The average Bonchev–Trinajstić information content (AvgIpc) is 2.79. The molecule has 0 bridgehead atoms. The maximum Gasteiger partial charge on any atom is 0.337 e. The Morgan fingerprint density at radius 1 is 0.742 bits per heavy atom. The number of thiocarbonyl (C=S) groups is 1. The van der Waals surface area contributed by atoms with Crippen LogP contribution in [0.2, 0.25) is 0 Å². The van der Waals surface area contributed by atoms with Gasteiger partial charge in [0.1, 0.15) is 0 Å². The molecule has 0 atom stereocenters. The van der Waals surface area contributed by atoms with Crippen LogP contribution < -0.4 is 16.0 Å². The zero-order valence-electron chi connectivity index (χ0n) is 16.5. The molecule has 156 valence electrons. The van der Waals surface area contributed by atoms with Crippen molar-refractivity contribution in [2.75, 3.05) is 17.7 Å². The summed E-state index contributed by atoms with van der Waals surface area (Å²) in [5, 5.41) is 8.28. The van der Waals surface area contributed by atoms with Gasteiger partial charge in [-0.25, -0.2) is 4.79 Å². The summed E-state index contributed by atoms with van der Waals surface area (Å²) >= 11 is 5.23. The molecule has 0 saturated heterocycles. The van der Waals surface area contributed by atoms with Gasteiger partial charge in [-0.2, -0.15) is 0 Å². The Morgan fingerprint density at radius 3 is 2.03 bits per heavy atom. The molecule has 31 heavy (non-hydrogen) atoms. The molecule has 3 N–H and O–H groups in total. The van der Waals surface area contributed by atoms with E-state index in [1.165, 1.54) is 31.4 Å². The molecule has 0 saturated carbocycles. The molecule has 2 amide bonds. The lowest BCUT2D eigenvalue weighted by atomic mass is 10.1. The number of para-hydroxylation sites is 2. The van der Waals surface area contributed by atoms with E-state index in [-0.39, 0.29) is 11.0 Å². The van der Waals surface area contributed by atoms with Crippen molar-refractivity contribution < 1.29 is 19.1 Å². The van der Waals surface area contributed by atoms with Crippen molar-refractivity contribution in [2.45, 2.75) is 0 Å². The van der Waals surface area contributed by atoms with E-state index in [1.807, 2.05) is 18.2 Å². The van der Waals surface area contributed by atoms with Crippen molar-refractivity contribution >= 4 is 46.5 Å². The molecule has 0 radical (unpaired) electrons. The number of carbonyl (C=O) groups excluding carboxylic acids is 3. The summed E-state index contributed by atoms with van der Waals surface area (Å²) in [6.07, 6.45) is 0. The third-order valence-corrected chi connectivity index (χ3v) is 4.45. The lowest BCUT2D eigenvalue weighted by Gasteiger charge is -2.14. The van der Waals surface area contributed by atoms with Gasteiger partial charge in [0, 0.05) is 11.3 Å². The molecule has 0 aromatic heterocycles. The summed E-state index contributed by atoms with van der Waals surface area (Å²) in [6, 6.07) is 21.8. The monoisotopic (exact) mass is 433 g/mol. The van der Waals surface area contributed by atoms with Crippen molar-refractivity contribution in [1.29, 1.82) is 0 Å². The number of ether oxygens (including phenoxy) is 1. The van der Waals surface area contributed by atoms with E-state index >= 15 is 0 Å². The van der Waals surface area contributed by atoms with E-state index < -0.39 is 11.9 Å². The number of benzene rings is 3. The van der Waals surface area contributed by atoms with Crippen molar-refractivity contribution in [3.8, 4) is 0 Å². The van der Waals surface area contributed by atoms with Crippen LogP contribution in [-0.2, 0) is 4.74 Å². The van der Waals surface area contributed by atoms with Crippen molar-refractivity contribution in [3.63, 3.8) is 0 Å². The number of rotatable bonds is 5. The second-order valence-electron chi connectivity index (χ2n) is 6.34. The summed E-state index contributed by atoms with van der Waals surface area (Å²) in [7, 11) is 1.28. The molecule has 0 spiro atoms. The van der Waals surface area contributed by atoms with Crippen molar-refractivity contribution in [2.24, 2.45) is 0 Å². The number of esters is 1. The quantitative estimate of drug-likeness (QED) is 0.418. The highest BCUT2D eigenvalue weighted by Gasteiger charge is 2.14. The van der Waals surface area contributed by atoms with Crippen LogP contribution in [-0.4, -0.2) is 30.0 Å². The van der Waals surface area contributed by atoms with Crippen molar-refractivity contribution in [3.05, 3.63) is 95.6 Å². The fraction of sp³-hybridized carbons (Fsp3) is 0.0435. The Hall–Kier alpha value is -4.04. The molecule has 8 heteroatoms. The SMILES string of the molecule is COC(=O)c1ccc(C(=O)NC(=S)Nc2ccccc2C(=O)Nc2ccccc2)cc1. The van der Waals surface area contributed by atoms with Crippen LogP contribution >= 0.6 is 12.2 Å². The summed E-state index contributed by atoms with van der Waals surface area (Å²) < 4.78 is 4.63. The number of methoxy groups -OCH3 is 1. The predicted octanol–water partition coefficient (Wildman–Crippen LogP) is 3.85. The largest absolute Gasteiger partial charge is 0.465 e. The molecule has 0 fully saturated rings. The molecule has 0 aliphatic rings. The van der Waals surface area contributed by atoms with Gasteiger partial charge in [0.15, 0.2) is 5.11 Å². The molecule has 0 unspecified atom stereocenters. The minimum Gasteiger partial charge on any atom is -0.465 e. The van der Waals surface area contributed by atoms with Gasteiger partial charge in [-0.3, -0.25) is 14.9 Å². The van der Waals surface area contributed by atoms with Gasteiger partial charge in [-0.05, 0) is 60.7 Å². The molecule has 0 aliphatic heterocycles. The van der Waals surface area contributed by atoms with E-state index in [9.17, 15) is 14.4 Å². The topological polar surface area (TPSA) is 96.5 Å². The lowest BCUT2D eigenvalue weighted by Crippen LogP contribution is -2.34. The predicted molar refractivity (Wildman–Crippen MR) is 122 cm³/mol. The fourth-order valence-electron chi connectivity index (χ4n) is 2.71. The number of hydrogen-bond donors (Lipinski definition) is 3. The molecule has 3 rings (SSSR count). The molecule has 0 heterocycles. The Balaban J connectivity index is 1.66. The Kier molecular flexibility index (Phi) is 7.08. The van der Waals surface area contributed by atoms with E-state index in [0.717, 1.165) is 0 Å². The number of hydrogen-bond acceptors (Lipinski definition) is 5. The van der Waals surface area contributed by atoms with Gasteiger partial charge >= 0.3 is 5.97 Å². The van der Waals surface area contributed by atoms with Gasteiger partial charge < -0.3 is 15.4 Å². The summed E-state index contributed by atoms with van der Waals surface area (Å²) in [4.78, 5) is 36.6. The second kappa shape index (κ2) is 10.1. The lowest BCUT2D eigenvalue weighted by molar-refractivity contribution is 0.0600. The number of nitrogens with one attached hydrogen (secondary N) is 3. The highest BCUT2D eigenvalue weighted by atomic mass is 32.1. The summed E-state index contributed by atoms with van der Waals surface area (Å²) in [5.74, 6) is -1.27. The molecule has 3 aromatic carbocycles. The average molecular weight is 433 g/mol. The van der Waals surface area contributed by atoms with Gasteiger partial charge in [0.05, 0.1) is 23.9 Å². The molecule has 0 aliphatic carbocycles.